The Balaban J connectivity index is 2.17. The van der Waals surface area contributed by atoms with Gasteiger partial charge in [0.1, 0.15) is 5.82 Å². The van der Waals surface area contributed by atoms with Crippen molar-refractivity contribution >= 4 is 33.3 Å². The van der Waals surface area contributed by atoms with Crippen molar-refractivity contribution in [2.75, 3.05) is 5.32 Å². The van der Waals surface area contributed by atoms with Crippen molar-refractivity contribution in [1.29, 1.82) is 0 Å². The number of anilines is 2. The van der Waals surface area contributed by atoms with Crippen LogP contribution in [-0.4, -0.2) is 16.4 Å². The molecule has 2 rings (SSSR count). The van der Waals surface area contributed by atoms with Crippen LogP contribution in [0, 0.1) is 6.92 Å². The number of halogens is 1. The van der Waals surface area contributed by atoms with Gasteiger partial charge in [0.15, 0.2) is 0 Å². The van der Waals surface area contributed by atoms with Gasteiger partial charge in [-0.1, -0.05) is 22.0 Å². The molecule has 4 nitrogen and oxygen atoms in total. The third-order valence-electron chi connectivity index (χ3n) is 2.95. The van der Waals surface area contributed by atoms with E-state index >= 15 is 0 Å². The minimum Gasteiger partial charge on any atom is -0.347 e. The molecule has 5 heteroatoms. The summed E-state index contributed by atoms with van der Waals surface area (Å²) in [7, 11) is 0. The summed E-state index contributed by atoms with van der Waals surface area (Å²) in [4.78, 5) is 16.4. The van der Waals surface area contributed by atoms with Gasteiger partial charge in [-0.25, -0.2) is 4.98 Å². The first-order valence-electron chi connectivity index (χ1n) is 7.06. The third-order valence-corrected chi connectivity index (χ3v) is 3.81. The SMILES string of the molecule is Cc1ccc(Nc2cc(C(=O)NC(C)(C)C)ccn2)cc1Br. The molecule has 1 aromatic heterocycles. The number of hydrogen-bond acceptors (Lipinski definition) is 3. The smallest absolute Gasteiger partial charge is 0.251 e. The van der Waals surface area contributed by atoms with E-state index in [0.29, 0.717) is 11.4 Å². The lowest BCUT2D eigenvalue weighted by Crippen LogP contribution is -2.40. The molecule has 1 heterocycles. The highest BCUT2D eigenvalue weighted by molar-refractivity contribution is 9.10. The molecule has 1 amide bonds. The summed E-state index contributed by atoms with van der Waals surface area (Å²) < 4.78 is 1.03. The van der Waals surface area contributed by atoms with Crippen LogP contribution in [0.4, 0.5) is 11.5 Å². The van der Waals surface area contributed by atoms with E-state index in [4.69, 9.17) is 0 Å². The number of carbonyl (C=O) groups is 1. The molecule has 0 atom stereocenters. The maximum Gasteiger partial charge on any atom is 0.251 e. The molecule has 0 fully saturated rings. The van der Waals surface area contributed by atoms with Crippen molar-refractivity contribution in [2.45, 2.75) is 33.2 Å². The van der Waals surface area contributed by atoms with Crippen LogP contribution in [0.3, 0.4) is 0 Å². The molecule has 0 saturated carbocycles. The topological polar surface area (TPSA) is 54.0 Å². The minimum absolute atomic E-state index is 0.108. The van der Waals surface area contributed by atoms with Gasteiger partial charge in [0, 0.05) is 27.5 Å². The van der Waals surface area contributed by atoms with Crippen molar-refractivity contribution < 1.29 is 4.79 Å². The maximum atomic E-state index is 12.2. The average Bonchev–Trinajstić information content (AvgIpc) is 2.41. The van der Waals surface area contributed by atoms with Crippen molar-refractivity contribution in [3.8, 4) is 0 Å². The molecule has 0 aliphatic heterocycles. The van der Waals surface area contributed by atoms with Crippen LogP contribution in [0.5, 0.6) is 0 Å². The van der Waals surface area contributed by atoms with Gasteiger partial charge in [-0.2, -0.15) is 0 Å². The molecule has 0 bridgehead atoms. The second-order valence-corrected chi connectivity index (χ2v) is 7.08. The van der Waals surface area contributed by atoms with E-state index in [1.54, 1.807) is 18.3 Å². The Labute approximate surface area is 139 Å². The second kappa shape index (κ2) is 6.48. The van der Waals surface area contributed by atoms with Gasteiger partial charge in [0.25, 0.3) is 5.91 Å². The number of rotatable bonds is 3. The molecule has 0 unspecified atom stereocenters. The van der Waals surface area contributed by atoms with Gasteiger partial charge < -0.3 is 10.6 Å². The summed E-state index contributed by atoms with van der Waals surface area (Å²) in [5, 5.41) is 6.15. The van der Waals surface area contributed by atoms with E-state index in [-0.39, 0.29) is 11.4 Å². The predicted octanol–water partition coefficient (Wildman–Crippen LogP) is 4.42. The highest BCUT2D eigenvalue weighted by Crippen LogP contribution is 2.23. The average molecular weight is 362 g/mol. The van der Waals surface area contributed by atoms with Crippen LogP contribution in [0.1, 0.15) is 36.7 Å². The van der Waals surface area contributed by atoms with E-state index in [9.17, 15) is 4.79 Å². The number of aryl methyl sites for hydroxylation is 1. The number of nitrogens with one attached hydrogen (secondary N) is 2. The highest BCUT2D eigenvalue weighted by atomic mass is 79.9. The van der Waals surface area contributed by atoms with Gasteiger partial charge in [0.05, 0.1) is 0 Å². The molecule has 0 radical (unpaired) electrons. The van der Waals surface area contributed by atoms with Crippen molar-refractivity contribution in [1.82, 2.24) is 10.3 Å². The van der Waals surface area contributed by atoms with E-state index < -0.39 is 0 Å². The Kier molecular flexibility index (Phi) is 4.86. The standard InChI is InChI=1S/C17H20BrN3O/c1-11-5-6-13(10-14(11)18)20-15-9-12(7-8-19-15)16(22)21-17(2,3)4/h5-10H,1-4H3,(H,19,20)(H,21,22). The zero-order valence-electron chi connectivity index (χ0n) is 13.2. The number of nitrogens with zero attached hydrogens (tertiary/aromatic N) is 1. The molecule has 0 aliphatic carbocycles. The van der Waals surface area contributed by atoms with Crippen molar-refractivity contribution in [3.05, 3.63) is 52.1 Å². The number of carbonyl (C=O) groups excluding carboxylic acids is 1. The Morgan fingerprint density at radius 2 is 1.91 bits per heavy atom. The second-order valence-electron chi connectivity index (χ2n) is 6.22. The minimum atomic E-state index is -0.268. The summed E-state index contributed by atoms with van der Waals surface area (Å²) in [5.41, 5.74) is 2.39. The van der Waals surface area contributed by atoms with Gasteiger partial charge in [-0.3, -0.25) is 4.79 Å². The summed E-state index contributed by atoms with van der Waals surface area (Å²) in [5.74, 6) is 0.528. The normalized spacial score (nSPS) is 11.1. The Hall–Kier alpha value is -1.88. The first kappa shape index (κ1) is 16.5. The maximum absolute atomic E-state index is 12.2. The van der Waals surface area contributed by atoms with Gasteiger partial charge >= 0.3 is 0 Å². The lowest BCUT2D eigenvalue weighted by atomic mass is 10.1. The Morgan fingerprint density at radius 3 is 2.55 bits per heavy atom. The molecule has 2 aromatic rings. The van der Waals surface area contributed by atoms with Crippen molar-refractivity contribution in [2.24, 2.45) is 0 Å². The van der Waals surface area contributed by atoms with Gasteiger partial charge in [-0.15, -0.1) is 0 Å². The molecule has 0 spiro atoms. The fourth-order valence-electron chi connectivity index (χ4n) is 1.87. The van der Waals surface area contributed by atoms with Crippen LogP contribution < -0.4 is 10.6 Å². The van der Waals surface area contributed by atoms with Crippen LogP contribution in [0.25, 0.3) is 0 Å². The number of benzene rings is 1. The van der Waals surface area contributed by atoms with Gasteiger partial charge in [-0.05, 0) is 57.5 Å². The predicted molar refractivity (Wildman–Crippen MR) is 93.6 cm³/mol. The fourth-order valence-corrected chi connectivity index (χ4v) is 2.25. The quantitative estimate of drug-likeness (QED) is 0.850. The number of pyridine rings is 1. The fraction of sp³-hybridized carbons (Fsp3) is 0.294. The lowest BCUT2D eigenvalue weighted by Gasteiger charge is -2.20. The zero-order valence-corrected chi connectivity index (χ0v) is 14.8. The van der Waals surface area contributed by atoms with E-state index in [1.807, 2.05) is 45.9 Å². The first-order valence-corrected chi connectivity index (χ1v) is 7.86. The zero-order chi connectivity index (χ0) is 16.3. The van der Waals surface area contributed by atoms with E-state index in [1.165, 1.54) is 0 Å². The van der Waals surface area contributed by atoms with E-state index in [0.717, 1.165) is 15.7 Å². The molecule has 0 saturated heterocycles. The molecular weight excluding hydrogens is 342 g/mol. The number of aromatic nitrogens is 1. The molecule has 2 N–H and O–H groups in total. The number of amides is 1. The third kappa shape index (κ3) is 4.56. The Morgan fingerprint density at radius 1 is 1.18 bits per heavy atom. The molecule has 116 valence electrons. The summed E-state index contributed by atoms with van der Waals surface area (Å²) in [6, 6.07) is 9.43. The Bertz CT molecular complexity index is 693. The van der Waals surface area contributed by atoms with Crippen LogP contribution in [0.2, 0.25) is 0 Å². The number of hydrogen-bond donors (Lipinski definition) is 2. The summed E-state index contributed by atoms with van der Waals surface area (Å²) in [6.07, 6.45) is 1.63. The van der Waals surface area contributed by atoms with Crippen LogP contribution in [0.15, 0.2) is 41.0 Å². The molecule has 0 aliphatic rings. The van der Waals surface area contributed by atoms with Crippen LogP contribution in [-0.2, 0) is 0 Å². The highest BCUT2D eigenvalue weighted by Gasteiger charge is 2.15. The first-order chi connectivity index (χ1) is 10.2. The molecule has 22 heavy (non-hydrogen) atoms. The van der Waals surface area contributed by atoms with Crippen LogP contribution >= 0.6 is 15.9 Å². The molecular formula is C17H20BrN3O. The van der Waals surface area contributed by atoms with Gasteiger partial charge in [0.2, 0.25) is 0 Å². The van der Waals surface area contributed by atoms with Crippen molar-refractivity contribution in [3.63, 3.8) is 0 Å². The lowest BCUT2D eigenvalue weighted by molar-refractivity contribution is 0.0919. The summed E-state index contributed by atoms with van der Waals surface area (Å²) >= 11 is 3.51. The molecule has 1 aromatic carbocycles. The largest absolute Gasteiger partial charge is 0.347 e. The van der Waals surface area contributed by atoms with E-state index in [2.05, 4.69) is 31.5 Å². The monoisotopic (exact) mass is 361 g/mol. The summed E-state index contributed by atoms with van der Waals surface area (Å²) in [6.45, 7) is 7.89.